The van der Waals surface area contributed by atoms with Gasteiger partial charge in [-0.25, -0.2) is 0 Å². The van der Waals surface area contributed by atoms with Crippen molar-refractivity contribution in [3.05, 3.63) is 89.9 Å². The van der Waals surface area contributed by atoms with Crippen LogP contribution in [-0.2, 0) is 4.79 Å². The lowest BCUT2D eigenvalue weighted by Gasteiger charge is -2.35. The maximum atomic E-state index is 14.0. The quantitative estimate of drug-likeness (QED) is 0.328. The molecule has 1 saturated heterocycles. The first-order chi connectivity index (χ1) is 16.5. The molecule has 7 heteroatoms. The second-order valence-corrected chi connectivity index (χ2v) is 8.28. The summed E-state index contributed by atoms with van der Waals surface area (Å²) in [6.45, 7) is 1.30. The SMILES string of the molecule is CC(=O)Oc1ccc(C(=O)[C@@H]2[C@H](c3ccco3)C(C#N)(C#N)[C@H]3C=Cc4ccccc4N23)cc1. The Hall–Kier alpha value is -4.62. The Morgan fingerprint density at radius 2 is 1.76 bits per heavy atom. The molecule has 0 amide bonds. The van der Waals surface area contributed by atoms with Crippen LogP contribution in [0.5, 0.6) is 5.75 Å². The molecular formula is C27H19N3O4. The van der Waals surface area contributed by atoms with Gasteiger partial charge in [-0.3, -0.25) is 9.59 Å². The van der Waals surface area contributed by atoms with Crippen molar-refractivity contribution in [2.75, 3.05) is 4.90 Å². The molecule has 0 N–H and O–H groups in total. The first-order valence-corrected chi connectivity index (χ1v) is 10.7. The van der Waals surface area contributed by atoms with Gasteiger partial charge in [-0.05, 0) is 48.0 Å². The average Bonchev–Trinajstić information content (AvgIpc) is 3.48. The monoisotopic (exact) mass is 449 g/mol. The number of carbonyl (C=O) groups excluding carboxylic acids is 2. The number of benzene rings is 2. The first-order valence-electron chi connectivity index (χ1n) is 10.7. The second-order valence-electron chi connectivity index (χ2n) is 8.28. The van der Waals surface area contributed by atoms with Crippen molar-refractivity contribution in [2.24, 2.45) is 5.41 Å². The molecule has 0 bridgehead atoms. The van der Waals surface area contributed by atoms with Crippen LogP contribution in [0.3, 0.4) is 0 Å². The molecule has 1 fully saturated rings. The van der Waals surface area contributed by atoms with E-state index in [-0.39, 0.29) is 5.78 Å². The highest BCUT2D eigenvalue weighted by atomic mass is 16.5. The minimum absolute atomic E-state index is 0.266. The number of esters is 1. The molecule has 3 atom stereocenters. The van der Waals surface area contributed by atoms with Gasteiger partial charge in [0, 0.05) is 18.2 Å². The van der Waals surface area contributed by atoms with Crippen LogP contribution in [-0.4, -0.2) is 23.8 Å². The Labute approximate surface area is 196 Å². The molecule has 0 unspecified atom stereocenters. The maximum absolute atomic E-state index is 14.0. The van der Waals surface area contributed by atoms with Crippen molar-refractivity contribution in [3.8, 4) is 17.9 Å². The van der Waals surface area contributed by atoms with Crippen LogP contribution in [0.1, 0.15) is 34.5 Å². The fourth-order valence-electron chi connectivity index (χ4n) is 5.03. The number of hydrogen-bond donors (Lipinski definition) is 0. The van der Waals surface area contributed by atoms with Gasteiger partial charge in [0.15, 0.2) is 11.2 Å². The second kappa shape index (κ2) is 8.06. The van der Waals surface area contributed by atoms with Crippen LogP contribution in [0.15, 0.2) is 77.4 Å². The van der Waals surface area contributed by atoms with E-state index in [0.717, 1.165) is 11.3 Å². The lowest BCUT2D eigenvalue weighted by atomic mass is 9.71. The van der Waals surface area contributed by atoms with Gasteiger partial charge < -0.3 is 14.1 Å². The van der Waals surface area contributed by atoms with E-state index in [1.54, 1.807) is 36.4 Å². The number of ether oxygens (including phenoxy) is 1. The minimum Gasteiger partial charge on any atom is -0.469 e. The number of anilines is 1. The van der Waals surface area contributed by atoms with Crippen molar-refractivity contribution in [1.82, 2.24) is 0 Å². The maximum Gasteiger partial charge on any atom is 0.308 e. The van der Waals surface area contributed by atoms with Crippen molar-refractivity contribution >= 4 is 23.5 Å². The molecule has 2 aromatic carbocycles. The number of carbonyl (C=O) groups is 2. The van der Waals surface area contributed by atoms with Gasteiger partial charge in [-0.15, -0.1) is 0 Å². The molecule has 2 aliphatic heterocycles. The number of rotatable bonds is 4. The number of Topliss-reactive ketones (excluding diaryl/α,β-unsaturated/α-hetero) is 1. The van der Waals surface area contributed by atoms with Crippen LogP contribution < -0.4 is 9.64 Å². The topological polar surface area (TPSA) is 107 Å². The molecule has 34 heavy (non-hydrogen) atoms. The highest BCUT2D eigenvalue weighted by molar-refractivity contribution is 6.04. The minimum atomic E-state index is -1.56. The molecule has 1 aromatic heterocycles. The molecule has 7 nitrogen and oxygen atoms in total. The third kappa shape index (κ3) is 3.10. The smallest absolute Gasteiger partial charge is 0.308 e. The summed E-state index contributed by atoms with van der Waals surface area (Å²) in [5.41, 5.74) is 0.482. The summed E-state index contributed by atoms with van der Waals surface area (Å²) in [6, 6.07) is 20.2. The van der Waals surface area contributed by atoms with E-state index < -0.39 is 29.4 Å². The van der Waals surface area contributed by atoms with Gasteiger partial charge in [0.05, 0.1) is 30.4 Å². The summed E-state index contributed by atoms with van der Waals surface area (Å²) < 4.78 is 10.8. The number of ketones is 1. The average molecular weight is 449 g/mol. The van der Waals surface area contributed by atoms with Crippen molar-refractivity contribution < 1.29 is 18.7 Å². The van der Waals surface area contributed by atoms with E-state index in [2.05, 4.69) is 12.1 Å². The van der Waals surface area contributed by atoms with Gasteiger partial charge in [0.2, 0.25) is 0 Å². The van der Waals surface area contributed by atoms with Crippen LogP contribution in [0.2, 0.25) is 0 Å². The van der Waals surface area contributed by atoms with Crippen LogP contribution in [0, 0.1) is 28.1 Å². The summed E-state index contributed by atoms with van der Waals surface area (Å²) in [7, 11) is 0. The van der Waals surface area contributed by atoms with Crippen molar-refractivity contribution in [2.45, 2.75) is 24.9 Å². The molecule has 166 valence electrons. The molecule has 0 radical (unpaired) electrons. The predicted molar refractivity (Wildman–Crippen MR) is 123 cm³/mol. The molecule has 0 spiro atoms. The molecule has 3 aromatic rings. The van der Waals surface area contributed by atoms with Crippen LogP contribution in [0.25, 0.3) is 6.08 Å². The van der Waals surface area contributed by atoms with Gasteiger partial charge >= 0.3 is 5.97 Å². The third-order valence-corrected chi connectivity index (χ3v) is 6.43. The molecule has 0 aliphatic carbocycles. The number of para-hydroxylation sites is 1. The molecule has 0 saturated carbocycles. The van der Waals surface area contributed by atoms with E-state index >= 15 is 0 Å². The van der Waals surface area contributed by atoms with Gasteiger partial charge in [0.1, 0.15) is 17.6 Å². The zero-order chi connectivity index (χ0) is 23.9. The van der Waals surface area contributed by atoms with Crippen molar-refractivity contribution in [1.29, 1.82) is 10.5 Å². The van der Waals surface area contributed by atoms with Gasteiger partial charge in [0.25, 0.3) is 0 Å². The van der Waals surface area contributed by atoms with E-state index in [0.29, 0.717) is 17.1 Å². The summed E-state index contributed by atoms with van der Waals surface area (Å²) in [5.74, 6) is -0.832. The van der Waals surface area contributed by atoms with Crippen LogP contribution in [0.4, 0.5) is 5.69 Å². The Morgan fingerprint density at radius 1 is 1.03 bits per heavy atom. The fourth-order valence-corrected chi connectivity index (χ4v) is 5.03. The Balaban J connectivity index is 1.68. The fraction of sp³-hybridized carbons (Fsp3) is 0.185. The number of furan rings is 1. The third-order valence-electron chi connectivity index (χ3n) is 6.43. The predicted octanol–water partition coefficient (Wildman–Crippen LogP) is 4.49. The molecule has 5 rings (SSSR count). The number of fused-ring (bicyclic) bond motifs is 3. The largest absolute Gasteiger partial charge is 0.469 e. The lowest BCUT2D eigenvalue weighted by molar-refractivity contribution is -0.131. The zero-order valence-electron chi connectivity index (χ0n) is 18.2. The van der Waals surface area contributed by atoms with Gasteiger partial charge in [-0.1, -0.05) is 30.4 Å². The van der Waals surface area contributed by atoms with E-state index in [1.165, 1.54) is 13.2 Å². The molecular weight excluding hydrogens is 430 g/mol. The standard InChI is InChI=1S/C27H19N3O4/c1-17(31)34-20-11-8-19(9-12-20)26(32)25-24(22-7-4-14-33-22)27(15-28,16-29)23-13-10-18-5-2-3-6-21(18)30(23)25/h2-14,23-25H,1H3/t23-,24+,25+/m1/s1. The summed E-state index contributed by atoms with van der Waals surface area (Å²) in [5, 5.41) is 20.7. The van der Waals surface area contributed by atoms with Gasteiger partial charge in [-0.2, -0.15) is 10.5 Å². The summed E-state index contributed by atoms with van der Waals surface area (Å²) in [6.07, 6.45) is 5.19. The van der Waals surface area contributed by atoms with E-state index in [9.17, 15) is 20.1 Å². The van der Waals surface area contributed by atoms with Crippen molar-refractivity contribution in [3.63, 3.8) is 0 Å². The Morgan fingerprint density at radius 3 is 2.41 bits per heavy atom. The molecule has 2 aliphatic rings. The summed E-state index contributed by atoms with van der Waals surface area (Å²) in [4.78, 5) is 27.2. The highest BCUT2D eigenvalue weighted by Gasteiger charge is 2.64. The number of nitriles is 2. The highest BCUT2D eigenvalue weighted by Crippen LogP contribution is 2.55. The Bertz CT molecular complexity index is 1360. The first kappa shape index (κ1) is 21.2. The van der Waals surface area contributed by atoms with E-state index in [1.807, 2.05) is 41.3 Å². The normalized spacial score (nSPS) is 21.6. The van der Waals surface area contributed by atoms with E-state index in [4.69, 9.17) is 9.15 Å². The summed E-state index contributed by atoms with van der Waals surface area (Å²) >= 11 is 0. The zero-order valence-corrected chi connectivity index (χ0v) is 18.2. The number of hydrogen-bond acceptors (Lipinski definition) is 7. The number of nitrogens with zero attached hydrogens (tertiary/aromatic N) is 3. The Kier molecular flexibility index (Phi) is 5.03. The molecule has 3 heterocycles. The lowest BCUT2D eigenvalue weighted by Crippen LogP contribution is -2.44. The van der Waals surface area contributed by atoms with Crippen LogP contribution >= 0.6 is 0 Å².